The molecule has 0 saturated heterocycles. The first-order valence-corrected chi connectivity index (χ1v) is 20.1. The predicted molar refractivity (Wildman–Crippen MR) is 211 cm³/mol. The van der Waals surface area contributed by atoms with Crippen LogP contribution in [0.3, 0.4) is 0 Å². The monoisotopic (exact) mass is 713 g/mol. The number of fused-ring (bicyclic) bond motifs is 5. The minimum atomic E-state index is -0.612. The fourth-order valence-corrected chi connectivity index (χ4v) is 7.52. The molecule has 11 nitrogen and oxygen atoms in total. The van der Waals surface area contributed by atoms with Crippen LogP contribution in [0.4, 0.5) is 0 Å². The highest BCUT2D eigenvalue weighted by atomic mass is 16.2. The summed E-state index contributed by atoms with van der Waals surface area (Å²) in [6, 6.07) is 5.71. The maximum atomic E-state index is 13.5. The summed E-state index contributed by atoms with van der Waals surface area (Å²) < 4.78 is 5.97. The largest absolute Gasteiger partial charge is 0.352 e. The second kappa shape index (κ2) is 19.1. The van der Waals surface area contributed by atoms with Crippen molar-refractivity contribution >= 4 is 21.9 Å². The molecule has 11 heteroatoms. The summed E-state index contributed by atoms with van der Waals surface area (Å²) in [5.41, 5.74) is 0.424. The minimum Gasteiger partial charge on any atom is -0.325 e. The highest BCUT2D eigenvalue weighted by molar-refractivity contribution is 6.05. The summed E-state index contributed by atoms with van der Waals surface area (Å²) in [6.07, 6.45) is 23.9. The van der Waals surface area contributed by atoms with Gasteiger partial charge < -0.3 is 9.13 Å². The molecule has 0 bridgehead atoms. The van der Waals surface area contributed by atoms with E-state index < -0.39 is 22.5 Å². The van der Waals surface area contributed by atoms with Gasteiger partial charge in [-0.3, -0.25) is 18.7 Å². The molecule has 52 heavy (non-hydrogen) atoms. The summed E-state index contributed by atoms with van der Waals surface area (Å²) in [7, 11) is 2.86. The minimum absolute atomic E-state index is 0.122. The average molecular weight is 714 g/mol. The average Bonchev–Trinajstić information content (AvgIpc) is 3.14. The Kier molecular flexibility index (Phi) is 14.3. The summed E-state index contributed by atoms with van der Waals surface area (Å²) in [5.74, 6) is 0.645. The van der Waals surface area contributed by atoms with Crippen molar-refractivity contribution in [2.45, 2.75) is 155 Å². The molecular formula is C41H59N7O4. The van der Waals surface area contributed by atoms with Crippen molar-refractivity contribution in [2.24, 2.45) is 14.1 Å². The molecule has 0 aliphatic carbocycles. The van der Waals surface area contributed by atoms with Crippen molar-refractivity contribution in [3.05, 3.63) is 59.9 Å². The van der Waals surface area contributed by atoms with Gasteiger partial charge in [-0.2, -0.15) is 9.97 Å². The van der Waals surface area contributed by atoms with Gasteiger partial charge in [-0.1, -0.05) is 129 Å². The number of rotatable bonds is 22. The third-order valence-electron chi connectivity index (χ3n) is 10.7. The van der Waals surface area contributed by atoms with Gasteiger partial charge in [0.2, 0.25) is 0 Å². The molecule has 0 spiro atoms. The summed E-state index contributed by atoms with van der Waals surface area (Å²) in [6.45, 7) is 5.64. The molecular weight excluding hydrogens is 654 g/mol. The van der Waals surface area contributed by atoms with Crippen LogP contribution in [-0.2, 0) is 27.2 Å². The van der Waals surface area contributed by atoms with Crippen LogP contribution in [0.5, 0.6) is 0 Å². The Hall–Kier alpha value is -4.15. The maximum Gasteiger partial charge on any atom is 0.352 e. The van der Waals surface area contributed by atoms with Crippen molar-refractivity contribution in [1.82, 2.24) is 33.2 Å². The topological polar surface area (TPSA) is 127 Å². The van der Waals surface area contributed by atoms with Crippen molar-refractivity contribution in [3.8, 4) is 22.9 Å². The number of hydrogen-bond acceptors (Lipinski definition) is 7. The standard InChI is InChI=1S/C41H59N7O4/c1-5-7-9-11-13-15-17-19-21-23-27-47-32-25-26-33-34(30(32)29-31-36(47)43-40(51)45(3)38(31)49)42-35-37(44-41(52)46(4)39(35)50)48(33)28-24-22-20-18-16-14-12-10-8-6-2/h25-26,29H,5-24,27-28H2,1-4H3. The van der Waals surface area contributed by atoms with Gasteiger partial charge in [0, 0.05) is 32.6 Å². The number of pyridine rings is 1. The van der Waals surface area contributed by atoms with Gasteiger partial charge >= 0.3 is 11.4 Å². The van der Waals surface area contributed by atoms with Crippen molar-refractivity contribution in [3.63, 3.8) is 0 Å². The van der Waals surface area contributed by atoms with E-state index in [1.165, 1.54) is 104 Å². The van der Waals surface area contributed by atoms with E-state index in [1.54, 1.807) is 6.07 Å². The van der Waals surface area contributed by atoms with Gasteiger partial charge in [0.1, 0.15) is 0 Å². The number of unbranched alkanes of at least 4 members (excludes halogenated alkanes) is 18. The van der Waals surface area contributed by atoms with E-state index >= 15 is 0 Å². The first-order valence-electron chi connectivity index (χ1n) is 20.1. The van der Waals surface area contributed by atoms with E-state index in [-0.39, 0.29) is 11.5 Å². The molecule has 4 aliphatic heterocycles. The Morgan fingerprint density at radius 3 is 1.44 bits per heavy atom. The third kappa shape index (κ3) is 9.07. The fraction of sp³-hybridized carbons (Fsp3) is 0.634. The second-order valence-corrected chi connectivity index (χ2v) is 14.7. The van der Waals surface area contributed by atoms with Crippen LogP contribution >= 0.6 is 0 Å². The summed E-state index contributed by atoms with van der Waals surface area (Å²) in [4.78, 5) is 66.2. The zero-order valence-electron chi connectivity index (χ0n) is 32.1. The number of aryl methyl sites for hydroxylation is 2. The van der Waals surface area contributed by atoms with Gasteiger partial charge in [0.05, 0.1) is 22.1 Å². The second-order valence-electron chi connectivity index (χ2n) is 14.7. The number of benzene rings is 1. The molecule has 0 N–H and O–H groups in total. The first-order chi connectivity index (χ1) is 25.3. The molecule has 0 fully saturated rings. The number of nitrogens with zero attached hydrogens (tertiary/aromatic N) is 7. The van der Waals surface area contributed by atoms with Gasteiger partial charge in [-0.25, -0.2) is 14.6 Å². The Morgan fingerprint density at radius 1 is 0.500 bits per heavy atom. The van der Waals surface area contributed by atoms with E-state index in [4.69, 9.17) is 4.98 Å². The van der Waals surface area contributed by atoms with Gasteiger partial charge in [-0.15, -0.1) is 0 Å². The van der Waals surface area contributed by atoms with E-state index in [2.05, 4.69) is 23.8 Å². The molecule has 1 aromatic carbocycles. The van der Waals surface area contributed by atoms with E-state index in [0.29, 0.717) is 35.4 Å². The van der Waals surface area contributed by atoms with Gasteiger partial charge in [-0.05, 0) is 31.0 Å². The van der Waals surface area contributed by atoms with Crippen LogP contribution in [0.2, 0.25) is 0 Å². The van der Waals surface area contributed by atoms with Crippen molar-refractivity contribution in [1.29, 1.82) is 0 Å². The van der Waals surface area contributed by atoms with Crippen LogP contribution in [0.15, 0.2) is 37.4 Å². The summed E-state index contributed by atoms with van der Waals surface area (Å²) >= 11 is 0. The van der Waals surface area contributed by atoms with Gasteiger partial charge in [0.25, 0.3) is 11.1 Å². The molecule has 0 aromatic heterocycles. The highest BCUT2D eigenvalue weighted by Gasteiger charge is 2.24. The molecule has 0 unspecified atom stereocenters. The third-order valence-corrected chi connectivity index (χ3v) is 10.7. The molecule has 0 atom stereocenters. The molecule has 0 saturated carbocycles. The Bertz CT molecular complexity index is 1960. The Labute approximate surface area is 306 Å². The fourth-order valence-electron chi connectivity index (χ4n) is 7.52. The van der Waals surface area contributed by atoms with E-state index in [0.717, 1.165) is 58.7 Å². The van der Waals surface area contributed by atoms with E-state index in [1.807, 2.05) is 21.3 Å². The lowest BCUT2D eigenvalue weighted by molar-refractivity contribution is 0.536. The zero-order valence-corrected chi connectivity index (χ0v) is 32.1. The lowest BCUT2D eigenvalue weighted by atomic mass is 10.0. The highest BCUT2D eigenvalue weighted by Crippen LogP contribution is 2.32. The molecule has 5 rings (SSSR count). The lowest BCUT2D eigenvalue weighted by Gasteiger charge is -2.22. The molecule has 4 aliphatic rings. The van der Waals surface area contributed by atoms with Crippen molar-refractivity contribution < 1.29 is 0 Å². The van der Waals surface area contributed by atoms with Crippen LogP contribution in [0.25, 0.3) is 44.8 Å². The van der Waals surface area contributed by atoms with Crippen LogP contribution in [0.1, 0.15) is 142 Å². The Balaban J connectivity index is 1.48. The molecule has 0 amide bonds. The van der Waals surface area contributed by atoms with Crippen LogP contribution in [0, 0.1) is 0 Å². The first kappa shape index (κ1) is 39.1. The molecule has 1 aromatic rings. The van der Waals surface area contributed by atoms with Crippen LogP contribution in [-0.4, -0.2) is 33.2 Å². The van der Waals surface area contributed by atoms with Crippen LogP contribution < -0.4 is 22.5 Å². The van der Waals surface area contributed by atoms with Gasteiger partial charge in [0.15, 0.2) is 17.3 Å². The predicted octanol–water partition coefficient (Wildman–Crippen LogP) is 7.95. The quantitative estimate of drug-likeness (QED) is 0.0405. The number of aromatic nitrogens is 7. The summed E-state index contributed by atoms with van der Waals surface area (Å²) in [5, 5.41) is 0.696. The number of hydrogen-bond donors (Lipinski definition) is 0. The molecule has 0 radical (unpaired) electrons. The Morgan fingerprint density at radius 2 is 0.923 bits per heavy atom. The zero-order chi connectivity index (χ0) is 37.0. The normalized spacial score (nSPS) is 11.9. The smallest absolute Gasteiger partial charge is 0.325 e. The lowest BCUT2D eigenvalue weighted by Crippen LogP contribution is -2.37. The molecule has 282 valence electrons. The SMILES string of the molecule is CCCCCCCCCCCCn1c2nc(=O)n(C)c(=O)c-2cc2c3nc4c(=O)n(C)c(=O)nc-4n(CCCCCCCCCCCC)c3ccc21. The van der Waals surface area contributed by atoms with E-state index in [9.17, 15) is 19.2 Å². The maximum absolute atomic E-state index is 13.5. The molecule has 4 heterocycles. The van der Waals surface area contributed by atoms with Crippen molar-refractivity contribution in [2.75, 3.05) is 0 Å².